The molecule has 7 heteroatoms. The minimum Gasteiger partial charge on any atom is -0.322 e. The molecule has 3 amide bonds. The largest absolute Gasteiger partial charge is 0.322 e. The summed E-state index contributed by atoms with van der Waals surface area (Å²) in [6.45, 7) is -0.470. The standard InChI is InChI=1S/C16H10BrFN2O3/c17-9-5-6-13(12(18)7-9)19-14(21)8-20-15(22)10-3-1-2-4-11(10)16(20)23/h1-7H,8H2,(H,19,21). The van der Waals surface area contributed by atoms with Crippen LogP contribution in [0.5, 0.6) is 0 Å². The maximum atomic E-state index is 13.7. The predicted molar refractivity (Wildman–Crippen MR) is 84.5 cm³/mol. The first-order valence-electron chi connectivity index (χ1n) is 6.67. The van der Waals surface area contributed by atoms with E-state index in [0.717, 1.165) is 4.90 Å². The smallest absolute Gasteiger partial charge is 0.262 e. The molecule has 0 unspecified atom stereocenters. The van der Waals surface area contributed by atoms with Gasteiger partial charge in [-0.3, -0.25) is 19.3 Å². The van der Waals surface area contributed by atoms with E-state index >= 15 is 0 Å². The molecule has 3 rings (SSSR count). The quantitative estimate of drug-likeness (QED) is 0.837. The van der Waals surface area contributed by atoms with Gasteiger partial charge in [-0.25, -0.2) is 4.39 Å². The van der Waals surface area contributed by atoms with E-state index in [4.69, 9.17) is 0 Å². The van der Waals surface area contributed by atoms with Crippen molar-refractivity contribution in [1.29, 1.82) is 0 Å². The highest BCUT2D eigenvalue weighted by molar-refractivity contribution is 9.10. The van der Waals surface area contributed by atoms with Crippen LogP contribution >= 0.6 is 15.9 Å². The van der Waals surface area contributed by atoms with Gasteiger partial charge >= 0.3 is 0 Å². The molecule has 1 heterocycles. The molecule has 5 nitrogen and oxygen atoms in total. The molecule has 0 fully saturated rings. The number of hydrogen-bond acceptors (Lipinski definition) is 3. The van der Waals surface area contributed by atoms with E-state index in [0.29, 0.717) is 4.47 Å². The molecule has 116 valence electrons. The number of carbonyl (C=O) groups excluding carboxylic acids is 3. The van der Waals surface area contributed by atoms with Crippen molar-refractivity contribution in [2.75, 3.05) is 11.9 Å². The average Bonchev–Trinajstić information content (AvgIpc) is 2.76. The molecule has 0 bridgehead atoms. The molecule has 1 aliphatic rings. The monoisotopic (exact) mass is 376 g/mol. The number of halogens is 2. The van der Waals surface area contributed by atoms with Gasteiger partial charge in [-0.1, -0.05) is 28.1 Å². The number of imide groups is 1. The first-order chi connectivity index (χ1) is 11.0. The zero-order chi connectivity index (χ0) is 16.6. The maximum absolute atomic E-state index is 13.7. The molecular formula is C16H10BrFN2O3. The summed E-state index contributed by atoms with van der Waals surface area (Å²) in [5.41, 5.74) is 0.509. The number of hydrogen-bond donors (Lipinski definition) is 1. The highest BCUT2D eigenvalue weighted by Crippen LogP contribution is 2.23. The Hall–Kier alpha value is -2.54. The first kappa shape index (κ1) is 15.4. The van der Waals surface area contributed by atoms with Crippen LogP contribution in [0.25, 0.3) is 0 Å². The molecule has 2 aromatic carbocycles. The van der Waals surface area contributed by atoms with Crippen molar-refractivity contribution in [3.05, 3.63) is 63.9 Å². The molecule has 0 saturated heterocycles. The second-order valence-corrected chi connectivity index (χ2v) is 5.83. The van der Waals surface area contributed by atoms with E-state index in [9.17, 15) is 18.8 Å². The van der Waals surface area contributed by atoms with Gasteiger partial charge in [0.2, 0.25) is 5.91 Å². The highest BCUT2D eigenvalue weighted by atomic mass is 79.9. The van der Waals surface area contributed by atoms with Crippen molar-refractivity contribution in [3.8, 4) is 0 Å². The fourth-order valence-corrected chi connectivity index (χ4v) is 2.64. The zero-order valence-corrected chi connectivity index (χ0v) is 13.3. The number of carbonyl (C=O) groups is 3. The molecule has 0 aliphatic carbocycles. The van der Waals surface area contributed by atoms with Crippen LogP contribution in [0.1, 0.15) is 20.7 Å². The van der Waals surface area contributed by atoms with Crippen LogP contribution in [0.2, 0.25) is 0 Å². The van der Waals surface area contributed by atoms with Gasteiger partial charge in [-0.15, -0.1) is 0 Å². The lowest BCUT2D eigenvalue weighted by Gasteiger charge is -2.14. The van der Waals surface area contributed by atoms with Gasteiger partial charge in [0.25, 0.3) is 11.8 Å². The third kappa shape index (κ3) is 2.87. The molecular weight excluding hydrogens is 367 g/mol. The van der Waals surface area contributed by atoms with Gasteiger partial charge in [0.15, 0.2) is 0 Å². The lowest BCUT2D eigenvalue weighted by molar-refractivity contribution is -0.116. The summed E-state index contributed by atoms with van der Waals surface area (Å²) in [5, 5.41) is 2.35. The summed E-state index contributed by atoms with van der Waals surface area (Å²) in [6.07, 6.45) is 0. The first-order valence-corrected chi connectivity index (χ1v) is 7.47. The predicted octanol–water partition coefficient (Wildman–Crippen LogP) is 2.82. The van der Waals surface area contributed by atoms with Gasteiger partial charge in [-0.05, 0) is 30.3 Å². The number of benzene rings is 2. The minimum absolute atomic E-state index is 0.0187. The third-order valence-corrected chi connectivity index (χ3v) is 3.88. The fourth-order valence-electron chi connectivity index (χ4n) is 2.31. The Kier molecular flexibility index (Phi) is 3.96. The van der Waals surface area contributed by atoms with Crippen molar-refractivity contribution in [2.24, 2.45) is 0 Å². The van der Waals surface area contributed by atoms with Gasteiger partial charge < -0.3 is 5.32 Å². The van der Waals surface area contributed by atoms with Gasteiger partial charge in [0.05, 0.1) is 16.8 Å². The second kappa shape index (κ2) is 5.92. The van der Waals surface area contributed by atoms with Crippen molar-refractivity contribution < 1.29 is 18.8 Å². The summed E-state index contributed by atoms with van der Waals surface area (Å²) in [5.74, 6) is -2.33. The summed E-state index contributed by atoms with van der Waals surface area (Å²) < 4.78 is 14.2. The summed E-state index contributed by atoms with van der Waals surface area (Å²) in [7, 11) is 0. The lowest BCUT2D eigenvalue weighted by Crippen LogP contribution is -2.37. The zero-order valence-electron chi connectivity index (χ0n) is 11.7. The molecule has 0 spiro atoms. The second-order valence-electron chi connectivity index (χ2n) is 4.91. The van der Waals surface area contributed by atoms with Crippen molar-refractivity contribution in [1.82, 2.24) is 4.90 Å². The Morgan fingerprint density at radius 2 is 1.70 bits per heavy atom. The number of rotatable bonds is 3. The third-order valence-electron chi connectivity index (χ3n) is 3.39. The van der Waals surface area contributed by atoms with E-state index in [1.165, 1.54) is 24.3 Å². The normalized spacial score (nSPS) is 13.2. The van der Waals surface area contributed by atoms with Crippen LogP contribution in [0.15, 0.2) is 46.9 Å². The van der Waals surface area contributed by atoms with Crippen LogP contribution in [0.4, 0.5) is 10.1 Å². The number of fused-ring (bicyclic) bond motifs is 1. The Balaban J connectivity index is 1.74. The molecule has 1 N–H and O–H groups in total. The van der Waals surface area contributed by atoms with Gasteiger partial charge in [0, 0.05) is 4.47 Å². The Morgan fingerprint density at radius 1 is 1.09 bits per heavy atom. The van der Waals surface area contributed by atoms with E-state index in [2.05, 4.69) is 21.2 Å². The number of amides is 3. The maximum Gasteiger partial charge on any atom is 0.262 e. The molecule has 2 aromatic rings. The van der Waals surface area contributed by atoms with Crippen molar-refractivity contribution in [3.63, 3.8) is 0 Å². The van der Waals surface area contributed by atoms with E-state index < -0.39 is 30.1 Å². The van der Waals surface area contributed by atoms with Crippen LogP contribution in [0, 0.1) is 5.82 Å². The SMILES string of the molecule is O=C(CN1C(=O)c2ccccc2C1=O)Nc1ccc(Br)cc1F. The van der Waals surface area contributed by atoms with Gasteiger partial charge in [0.1, 0.15) is 12.4 Å². The van der Waals surface area contributed by atoms with E-state index in [1.54, 1.807) is 18.2 Å². The van der Waals surface area contributed by atoms with Crippen molar-refractivity contribution >= 4 is 39.3 Å². The van der Waals surface area contributed by atoms with Crippen LogP contribution in [0.3, 0.4) is 0 Å². The van der Waals surface area contributed by atoms with E-state index in [-0.39, 0.29) is 16.8 Å². The fraction of sp³-hybridized carbons (Fsp3) is 0.0625. The Labute approximate surface area is 139 Å². The number of nitrogens with one attached hydrogen (secondary N) is 1. The average molecular weight is 377 g/mol. The van der Waals surface area contributed by atoms with E-state index in [1.807, 2.05) is 0 Å². The number of anilines is 1. The summed E-state index contributed by atoms with van der Waals surface area (Å²) >= 11 is 3.12. The topological polar surface area (TPSA) is 66.5 Å². The van der Waals surface area contributed by atoms with Crippen LogP contribution in [-0.4, -0.2) is 29.2 Å². The Morgan fingerprint density at radius 3 is 2.26 bits per heavy atom. The molecule has 0 radical (unpaired) electrons. The molecule has 0 aromatic heterocycles. The van der Waals surface area contributed by atoms with Gasteiger partial charge in [-0.2, -0.15) is 0 Å². The molecule has 0 saturated carbocycles. The Bertz CT molecular complexity index is 803. The lowest BCUT2D eigenvalue weighted by atomic mass is 10.1. The molecule has 23 heavy (non-hydrogen) atoms. The molecule has 0 atom stereocenters. The van der Waals surface area contributed by atoms with Crippen LogP contribution < -0.4 is 5.32 Å². The summed E-state index contributed by atoms with van der Waals surface area (Å²) in [6, 6.07) is 10.5. The summed E-state index contributed by atoms with van der Waals surface area (Å²) in [4.78, 5) is 37.2. The number of nitrogens with zero attached hydrogens (tertiary/aromatic N) is 1. The van der Waals surface area contributed by atoms with Crippen molar-refractivity contribution in [2.45, 2.75) is 0 Å². The minimum atomic E-state index is -0.652. The molecule has 1 aliphatic heterocycles. The van der Waals surface area contributed by atoms with Crippen LogP contribution in [-0.2, 0) is 4.79 Å². The highest BCUT2D eigenvalue weighted by Gasteiger charge is 2.36.